The van der Waals surface area contributed by atoms with Crippen molar-refractivity contribution >= 4 is 34.0 Å². The first-order chi connectivity index (χ1) is 10.9. The van der Waals surface area contributed by atoms with Crippen LogP contribution in [0.4, 0.5) is 5.69 Å². The minimum absolute atomic E-state index is 0. The van der Waals surface area contributed by atoms with Crippen molar-refractivity contribution in [1.29, 1.82) is 0 Å². The molecular formula is C16H24ClN3O3S. The van der Waals surface area contributed by atoms with Gasteiger partial charge in [0.2, 0.25) is 10.0 Å². The minimum Gasteiger partial charge on any atom is -0.336 e. The van der Waals surface area contributed by atoms with Gasteiger partial charge >= 0.3 is 0 Å². The van der Waals surface area contributed by atoms with Crippen LogP contribution < -0.4 is 10.0 Å². The van der Waals surface area contributed by atoms with Crippen molar-refractivity contribution in [2.45, 2.75) is 25.8 Å². The van der Waals surface area contributed by atoms with E-state index in [2.05, 4.69) is 0 Å². The van der Waals surface area contributed by atoms with Gasteiger partial charge in [-0.25, -0.2) is 8.42 Å². The maximum Gasteiger partial charge on any atom is 0.254 e. The summed E-state index contributed by atoms with van der Waals surface area (Å²) in [5, 5.41) is 0. The molecule has 2 fully saturated rings. The molecule has 3 rings (SSSR count). The summed E-state index contributed by atoms with van der Waals surface area (Å²) in [6.45, 7) is 3.84. The third-order valence-corrected chi connectivity index (χ3v) is 6.63. The van der Waals surface area contributed by atoms with Crippen LogP contribution in [0.25, 0.3) is 0 Å². The molecule has 0 aliphatic carbocycles. The van der Waals surface area contributed by atoms with Crippen LogP contribution in [0.1, 0.15) is 30.1 Å². The van der Waals surface area contributed by atoms with Gasteiger partial charge in [0.25, 0.3) is 5.91 Å². The van der Waals surface area contributed by atoms with Gasteiger partial charge in [-0.1, -0.05) is 0 Å². The molecule has 2 aliphatic rings. The van der Waals surface area contributed by atoms with Crippen molar-refractivity contribution in [2.75, 3.05) is 29.7 Å². The molecule has 2 saturated heterocycles. The number of likely N-dealkylation sites (tertiary alicyclic amines) is 1. The van der Waals surface area contributed by atoms with E-state index in [1.807, 2.05) is 11.8 Å². The molecule has 2 unspecified atom stereocenters. The lowest BCUT2D eigenvalue weighted by Gasteiger charge is -2.22. The van der Waals surface area contributed by atoms with E-state index >= 15 is 0 Å². The summed E-state index contributed by atoms with van der Waals surface area (Å²) in [5.41, 5.74) is 6.94. The SMILES string of the molecule is CC1CC(CN)CN1C(=O)c1ccc(N2CCCS2(=O)=O)cc1.Cl. The number of nitrogens with two attached hydrogens (primary N) is 1. The number of carbonyl (C=O) groups is 1. The lowest BCUT2D eigenvalue weighted by molar-refractivity contribution is 0.0743. The number of carbonyl (C=O) groups excluding carboxylic acids is 1. The zero-order chi connectivity index (χ0) is 16.6. The Morgan fingerprint density at radius 1 is 1.29 bits per heavy atom. The van der Waals surface area contributed by atoms with Gasteiger partial charge in [-0.2, -0.15) is 0 Å². The normalized spacial score (nSPS) is 25.6. The second-order valence-electron chi connectivity index (χ2n) is 6.43. The van der Waals surface area contributed by atoms with E-state index in [-0.39, 0.29) is 30.1 Å². The van der Waals surface area contributed by atoms with Gasteiger partial charge in [-0.15, -0.1) is 12.4 Å². The van der Waals surface area contributed by atoms with Crippen LogP contribution in [0.3, 0.4) is 0 Å². The highest BCUT2D eigenvalue weighted by Gasteiger charge is 2.32. The fourth-order valence-corrected chi connectivity index (χ4v) is 5.03. The van der Waals surface area contributed by atoms with Crippen LogP contribution in [0.5, 0.6) is 0 Å². The van der Waals surface area contributed by atoms with Gasteiger partial charge in [0.15, 0.2) is 0 Å². The molecule has 2 heterocycles. The molecule has 0 saturated carbocycles. The number of nitrogens with zero attached hydrogens (tertiary/aromatic N) is 2. The zero-order valence-electron chi connectivity index (χ0n) is 13.7. The van der Waals surface area contributed by atoms with Crippen LogP contribution in [0.15, 0.2) is 24.3 Å². The number of hydrogen-bond donors (Lipinski definition) is 1. The van der Waals surface area contributed by atoms with E-state index in [0.717, 1.165) is 6.42 Å². The maximum absolute atomic E-state index is 12.6. The fourth-order valence-electron chi connectivity index (χ4n) is 3.46. The fraction of sp³-hybridized carbons (Fsp3) is 0.562. The predicted molar refractivity (Wildman–Crippen MR) is 97.1 cm³/mol. The molecule has 0 bridgehead atoms. The van der Waals surface area contributed by atoms with Crippen LogP contribution in [0.2, 0.25) is 0 Å². The standard InChI is InChI=1S/C16H23N3O3S.ClH/c1-12-9-13(10-17)11-18(12)16(20)14-3-5-15(6-4-14)19-7-2-8-23(19,21)22;/h3-6,12-13H,2,7-11,17H2,1H3;1H. The highest BCUT2D eigenvalue weighted by atomic mass is 35.5. The number of benzene rings is 1. The number of anilines is 1. The van der Waals surface area contributed by atoms with Crippen molar-refractivity contribution in [3.8, 4) is 0 Å². The van der Waals surface area contributed by atoms with Crippen LogP contribution >= 0.6 is 12.4 Å². The summed E-state index contributed by atoms with van der Waals surface area (Å²) in [7, 11) is -3.18. The first-order valence-electron chi connectivity index (χ1n) is 8.04. The van der Waals surface area contributed by atoms with Crippen LogP contribution in [-0.4, -0.2) is 50.7 Å². The molecule has 0 aromatic heterocycles. The molecule has 0 radical (unpaired) electrons. The molecular weight excluding hydrogens is 350 g/mol. The Kier molecular flexibility index (Phi) is 5.78. The molecule has 2 atom stereocenters. The molecule has 134 valence electrons. The number of halogens is 1. The summed E-state index contributed by atoms with van der Waals surface area (Å²) in [6.07, 6.45) is 1.58. The summed E-state index contributed by atoms with van der Waals surface area (Å²) in [5.74, 6) is 0.548. The molecule has 6 nitrogen and oxygen atoms in total. The van der Waals surface area contributed by atoms with Crippen LogP contribution in [0, 0.1) is 5.92 Å². The predicted octanol–water partition coefficient (Wildman–Crippen LogP) is 1.46. The smallest absolute Gasteiger partial charge is 0.254 e. The molecule has 24 heavy (non-hydrogen) atoms. The summed E-state index contributed by atoms with van der Waals surface area (Å²) >= 11 is 0. The van der Waals surface area contributed by atoms with Gasteiger partial charge in [-0.3, -0.25) is 9.10 Å². The number of hydrogen-bond acceptors (Lipinski definition) is 4. The number of rotatable bonds is 3. The highest BCUT2D eigenvalue weighted by molar-refractivity contribution is 7.93. The van der Waals surface area contributed by atoms with Crippen molar-refractivity contribution in [2.24, 2.45) is 11.7 Å². The first-order valence-corrected chi connectivity index (χ1v) is 9.65. The van der Waals surface area contributed by atoms with Gasteiger partial charge in [0.1, 0.15) is 0 Å². The van der Waals surface area contributed by atoms with E-state index in [1.165, 1.54) is 4.31 Å². The molecule has 2 N–H and O–H groups in total. The Morgan fingerprint density at radius 3 is 2.46 bits per heavy atom. The number of amides is 1. The van der Waals surface area contributed by atoms with Gasteiger partial charge in [0, 0.05) is 24.7 Å². The van der Waals surface area contributed by atoms with E-state index < -0.39 is 10.0 Å². The molecule has 1 aromatic rings. The minimum atomic E-state index is -3.18. The third-order valence-electron chi connectivity index (χ3n) is 4.76. The average Bonchev–Trinajstić information content (AvgIpc) is 3.08. The quantitative estimate of drug-likeness (QED) is 0.869. The highest BCUT2D eigenvalue weighted by Crippen LogP contribution is 2.27. The van der Waals surface area contributed by atoms with Gasteiger partial charge in [0.05, 0.1) is 11.4 Å². The monoisotopic (exact) mass is 373 g/mol. The van der Waals surface area contributed by atoms with Crippen molar-refractivity contribution in [1.82, 2.24) is 4.90 Å². The topological polar surface area (TPSA) is 83.7 Å². The van der Waals surface area contributed by atoms with Gasteiger partial charge in [-0.05, 0) is 56.5 Å². The largest absolute Gasteiger partial charge is 0.336 e. The molecule has 0 spiro atoms. The third kappa shape index (κ3) is 3.53. The maximum atomic E-state index is 12.6. The van der Waals surface area contributed by atoms with E-state index in [9.17, 15) is 13.2 Å². The molecule has 8 heteroatoms. The molecule has 2 aliphatic heterocycles. The Bertz CT molecular complexity index is 693. The van der Waals surface area contributed by atoms with Crippen molar-refractivity contribution in [3.05, 3.63) is 29.8 Å². The second-order valence-corrected chi connectivity index (χ2v) is 8.45. The summed E-state index contributed by atoms with van der Waals surface area (Å²) in [6, 6.07) is 7.06. The lowest BCUT2D eigenvalue weighted by Crippen LogP contribution is -2.34. The number of sulfonamides is 1. The molecule has 1 amide bonds. The molecule has 1 aromatic carbocycles. The van der Waals surface area contributed by atoms with Crippen molar-refractivity contribution < 1.29 is 13.2 Å². The Balaban J connectivity index is 0.00000208. The van der Waals surface area contributed by atoms with Crippen molar-refractivity contribution in [3.63, 3.8) is 0 Å². The van der Waals surface area contributed by atoms with Gasteiger partial charge < -0.3 is 10.6 Å². The lowest BCUT2D eigenvalue weighted by atomic mass is 10.1. The average molecular weight is 374 g/mol. The zero-order valence-corrected chi connectivity index (χ0v) is 15.4. The summed E-state index contributed by atoms with van der Waals surface area (Å²) in [4.78, 5) is 14.5. The summed E-state index contributed by atoms with van der Waals surface area (Å²) < 4.78 is 25.3. The Morgan fingerprint density at radius 2 is 1.96 bits per heavy atom. The Labute approximate surface area is 149 Å². The Hall–Kier alpha value is -1.31. The van der Waals surface area contributed by atoms with E-state index in [0.29, 0.717) is 43.2 Å². The second kappa shape index (κ2) is 7.29. The first kappa shape index (κ1) is 19.0. The van der Waals surface area contributed by atoms with E-state index in [1.54, 1.807) is 24.3 Å². The van der Waals surface area contributed by atoms with E-state index in [4.69, 9.17) is 5.73 Å². The van der Waals surface area contributed by atoms with Crippen LogP contribution in [-0.2, 0) is 10.0 Å².